The van der Waals surface area contributed by atoms with Crippen LogP contribution in [-0.4, -0.2) is 56.9 Å². The Bertz CT molecular complexity index is 1220. The van der Waals surface area contributed by atoms with E-state index in [2.05, 4.69) is 10.6 Å². The van der Waals surface area contributed by atoms with Crippen LogP contribution in [0.2, 0.25) is 0 Å². The van der Waals surface area contributed by atoms with Crippen molar-refractivity contribution in [2.24, 2.45) is 0 Å². The Balaban J connectivity index is 1.52. The number of amides is 2. The van der Waals surface area contributed by atoms with Crippen LogP contribution in [0.25, 0.3) is 0 Å². The molecule has 2 N–H and O–H groups in total. The van der Waals surface area contributed by atoms with Crippen LogP contribution in [0, 0.1) is 0 Å². The van der Waals surface area contributed by atoms with E-state index in [-0.39, 0.29) is 30.3 Å². The fourth-order valence-corrected chi connectivity index (χ4v) is 5.68. The molecule has 0 radical (unpaired) electrons. The van der Waals surface area contributed by atoms with E-state index in [0.29, 0.717) is 23.8 Å². The third-order valence-electron chi connectivity index (χ3n) is 5.36. The van der Waals surface area contributed by atoms with Gasteiger partial charge in [-0.3, -0.25) is 9.59 Å². The second-order valence-corrected chi connectivity index (χ2v) is 10.6. The number of rotatable bonds is 8. The molecule has 4 rings (SSSR count). The van der Waals surface area contributed by atoms with Gasteiger partial charge in [0.2, 0.25) is 15.9 Å². The SMILES string of the molecule is O=C(N[C@H](Cc1ccccc1)C(=O)Nc1cccc(S(=O)(=O)N2CCOCC2)c1)c1cccs1. The second-order valence-electron chi connectivity index (χ2n) is 7.73. The molecule has 2 heterocycles. The maximum absolute atomic E-state index is 13.2. The summed E-state index contributed by atoms with van der Waals surface area (Å²) in [5.74, 6) is -0.774. The van der Waals surface area contributed by atoms with Gasteiger partial charge in [0.1, 0.15) is 6.04 Å². The van der Waals surface area contributed by atoms with Crippen LogP contribution in [0.15, 0.2) is 77.0 Å². The van der Waals surface area contributed by atoms with Gasteiger partial charge in [-0.1, -0.05) is 42.5 Å². The van der Waals surface area contributed by atoms with E-state index in [1.807, 2.05) is 30.3 Å². The zero-order chi connectivity index (χ0) is 24.0. The molecule has 0 bridgehead atoms. The van der Waals surface area contributed by atoms with Crippen molar-refractivity contribution in [3.8, 4) is 0 Å². The summed E-state index contributed by atoms with van der Waals surface area (Å²) in [6.45, 7) is 1.27. The predicted molar refractivity (Wildman–Crippen MR) is 130 cm³/mol. The van der Waals surface area contributed by atoms with Gasteiger partial charge in [-0.2, -0.15) is 4.31 Å². The van der Waals surface area contributed by atoms with Gasteiger partial charge in [0.25, 0.3) is 5.91 Å². The molecule has 0 aliphatic carbocycles. The normalized spacial score (nSPS) is 15.4. The minimum atomic E-state index is -3.70. The van der Waals surface area contributed by atoms with Crippen LogP contribution in [0.4, 0.5) is 5.69 Å². The second kappa shape index (κ2) is 10.9. The number of nitrogens with one attached hydrogen (secondary N) is 2. The molecule has 1 aliphatic heterocycles. The summed E-state index contributed by atoms with van der Waals surface area (Å²) in [5.41, 5.74) is 1.22. The molecule has 1 atom stereocenters. The van der Waals surface area contributed by atoms with E-state index in [0.717, 1.165) is 5.56 Å². The molecule has 3 aromatic rings. The number of hydrogen-bond acceptors (Lipinski definition) is 6. The smallest absolute Gasteiger partial charge is 0.262 e. The summed E-state index contributed by atoms with van der Waals surface area (Å²) in [7, 11) is -3.70. The molecule has 8 nitrogen and oxygen atoms in total. The number of ether oxygens (including phenoxy) is 1. The molecule has 2 amide bonds. The topological polar surface area (TPSA) is 105 Å². The summed E-state index contributed by atoms with van der Waals surface area (Å²) in [4.78, 5) is 26.4. The van der Waals surface area contributed by atoms with E-state index in [9.17, 15) is 18.0 Å². The number of sulfonamides is 1. The van der Waals surface area contributed by atoms with Crippen LogP contribution in [0.1, 0.15) is 15.2 Å². The summed E-state index contributed by atoms with van der Waals surface area (Å²) in [5, 5.41) is 7.37. The summed E-state index contributed by atoms with van der Waals surface area (Å²) in [6.07, 6.45) is 0.287. The van der Waals surface area contributed by atoms with Crippen molar-refractivity contribution in [1.82, 2.24) is 9.62 Å². The highest BCUT2D eigenvalue weighted by atomic mass is 32.2. The minimum Gasteiger partial charge on any atom is -0.379 e. The van der Waals surface area contributed by atoms with Gasteiger partial charge in [-0.15, -0.1) is 11.3 Å². The number of morpholine rings is 1. The standard InChI is InChI=1S/C24H25N3O5S2/c28-23(21(16-18-6-2-1-3-7-18)26-24(29)22-10-5-15-33-22)25-19-8-4-9-20(17-19)34(30,31)27-11-13-32-14-12-27/h1-10,15,17,21H,11-14,16H2,(H,25,28)(H,26,29)/t21-/m1/s1. The fourth-order valence-electron chi connectivity index (χ4n) is 3.60. The molecular formula is C24H25N3O5S2. The van der Waals surface area contributed by atoms with Crippen molar-refractivity contribution >= 4 is 38.9 Å². The first-order chi connectivity index (χ1) is 16.4. The van der Waals surface area contributed by atoms with E-state index in [1.165, 1.54) is 27.8 Å². The molecule has 1 aliphatic rings. The van der Waals surface area contributed by atoms with Crippen molar-refractivity contribution in [3.05, 3.63) is 82.6 Å². The summed E-state index contributed by atoms with van der Waals surface area (Å²) < 4.78 is 32.6. The van der Waals surface area contributed by atoms with Crippen molar-refractivity contribution in [1.29, 1.82) is 0 Å². The van der Waals surface area contributed by atoms with Crippen LogP contribution < -0.4 is 10.6 Å². The number of nitrogens with zero attached hydrogens (tertiary/aromatic N) is 1. The lowest BCUT2D eigenvalue weighted by Crippen LogP contribution is -2.45. The van der Waals surface area contributed by atoms with E-state index in [4.69, 9.17) is 4.74 Å². The Kier molecular flexibility index (Phi) is 7.73. The van der Waals surface area contributed by atoms with E-state index in [1.54, 1.807) is 29.6 Å². The molecule has 2 aromatic carbocycles. The monoisotopic (exact) mass is 499 g/mol. The molecule has 34 heavy (non-hydrogen) atoms. The van der Waals surface area contributed by atoms with Crippen LogP contribution in [0.5, 0.6) is 0 Å². The van der Waals surface area contributed by atoms with Gasteiger partial charge in [-0.25, -0.2) is 8.42 Å². The maximum atomic E-state index is 13.2. The molecule has 1 saturated heterocycles. The number of thiophene rings is 1. The first-order valence-corrected chi connectivity index (χ1v) is 13.1. The maximum Gasteiger partial charge on any atom is 0.262 e. The van der Waals surface area contributed by atoms with Crippen molar-refractivity contribution in [2.75, 3.05) is 31.6 Å². The third kappa shape index (κ3) is 5.89. The van der Waals surface area contributed by atoms with Crippen molar-refractivity contribution in [3.63, 3.8) is 0 Å². The minimum absolute atomic E-state index is 0.0921. The number of hydrogen-bond donors (Lipinski definition) is 2. The molecule has 1 fully saturated rings. The molecule has 0 spiro atoms. The fraction of sp³-hybridized carbons (Fsp3) is 0.250. The zero-order valence-electron chi connectivity index (χ0n) is 18.3. The average Bonchev–Trinajstić information content (AvgIpc) is 3.40. The Morgan fingerprint density at radius 1 is 1.00 bits per heavy atom. The first kappa shape index (κ1) is 24.1. The summed E-state index contributed by atoms with van der Waals surface area (Å²) in [6, 6.07) is 18.1. The average molecular weight is 500 g/mol. The highest BCUT2D eigenvalue weighted by molar-refractivity contribution is 7.89. The Morgan fingerprint density at radius 3 is 2.47 bits per heavy atom. The molecular weight excluding hydrogens is 474 g/mol. The largest absolute Gasteiger partial charge is 0.379 e. The van der Waals surface area contributed by atoms with Gasteiger partial charge in [-0.05, 0) is 35.2 Å². The lowest BCUT2D eigenvalue weighted by atomic mass is 10.0. The highest BCUT2D eigenvalue weighted by Gasteiger charge is 2.27. The predicted octanol–water partition coefficient (Wildman–Crippen LogP) is 2.75. The first-order valence-electron chi connectivity index (χ1n) is 10.8. The lowest BCUT2D eigenvalue weighted by molar-refractivity contribution is -0.118. The van der Waals surface area contributed by atoms with Gasteiger partial charge in [0.05, 0.1) is 23.0 Å². The highest BCUT2D eigenvalue weighted by Crippen LogP contribution is 2.21. The van der Waals surface area contributed by atoms with Gasteiger partial charge in [0.15, 0.2) is 0 Å². The number of benzene rings is 2. The Hall–Kier alpha value is -3.05. The number of carbonyl (C=O) groups is 2. The van der Waals surface area contributed by atoms with Gasteiger partial charge < -0.3 is 15.4 Å². The number of carbonyl (C=O) groups excluding carboxylic acids is 2. The van der Waals surface area contributed by atoms with E-state index >= 15 is 0 Å². The molecule has 10 heteroatoms. The van der Waals surface area contributed by atoms with E-state index < -0.39 is 22.0 Å². The van der Waals surface area contributed by atoms with Gasteiger partial charge in [0, 0.05) is 25.2 Å². The molecule has 0 unspecified atom stereocenters. The number of anilines is 1. The zero-order valence-corrected chi connectivity index (χ0v) is 20.0. The van der Waals surface area contributed by atoms with Gasteiger partial charge >= 0.3 is 0 Å². The van der Waals surface area contributed by atoms with Crippen LogP contribution >= 0.6 is 11.3 Å². The third-order valence-corrected chi connectivity index (χ3v) is 8.12. The van der Waals surface area contributed by atoms with Crippen LogP contribution in [0.3, 0.4) is 0 Å². The Morgan fingerprint density at radius 2 is 1.76 bits per heavy atom. The summed E-state index contributed by atoms with van der Waals surface area (Å²) >= 11 is 1.29. The van der Waals surface area contributed by atoms with Crippen molar-refractivity contribution in [2.45, 2.75) is 17.4 Å². The Labute approximate surface area is 202 Å². The van der Waals surface area contributed by atoms with Crippen LogP contribution in [-0.2, 0) is 26.0 Å². The van der Waals surface area contributed by atoms with Crippen molar-refractivity contribution < 1.29 is 22.7 Å². The lowest BCUT2D eigenvalue weighted by Gasteiger charge is -2.26. The molecule has 0 saturated carbocycles. The quantitative estimate of drug-likeness (QED) is 0.496. The molecule has 178 valence electrons. The molecule has 1 aromatic heterocycles.